The molecule has 0 aromatic carbocycles. The maximum atomic E-state index is 11.1. The molecule has 98 valence electrons. The molecule has 0 aromatic rings. The lowest BCUT2D eigenvalue weighted by atomic mass is 9.88. The van der Waals surface area contributed by atoms with Gasteiger partial charge in [-0.25, -0.2) is 13.1 Å². The summed E-state index contributed by atoms with van der Waals surface area (Å²) < 4.78 is 24.8. The van der Waals surface area contributed by atoms with Crippen LogP contribution in [0.15, 0.2) is 0 Å². The van der Waals surface area contributed by atoms with Crippen molar-refractivity contribution in [3.8, 4) is 0 Å². The predicted octanol–water partition coefficient (Wildman–Crippen LogP) is 1.34. The number of sulfonamides is 1. The van der Waals surface area contributed by atoms with Crippen LogP contribution in [0.3, 0.4) is 0 Å². The maximum Gasteiger partial charge on any atom is 0.211 e. The summed E-state index contributed by atoms with van der Waals surface area (Å²) in [7, 11) is -3.03. The molecule has 1 unspecified atom stereocenters. The van der Waals surface area contributed by atoms with Crippen LogP contribution in [0.5, 0.6) is 0 Å². The molecule has 0 amide bonds. The highest BCUT2D eigenvalue weighted by atomic mass is 32.2. The van der Waals surface area contributed by atoms with Gasteiger partial charge in [0.1, 0.15) is 0 Å². The van der Waals surface area contributed by atoms with Crippen LogP contribution in [0, 0.1) is 5.41 Å². The molecule has 0 fully saturated rings. The lowest BCUT2D eigenvalue weighted by Crippen LogP contribution is -2.39. The Labute approximate surface area is 100 Å². The van der Waals surface area contributed by atoms with Gasteiger partial charge in [-0.05, 0) is 32.2 Å². The van der Waals surface area contributed by atoms with E-state index in [1.165, 1.54) is 0 Å². The first-order valence-corrected chi connectivity index (χ1v) is 7.55. The smallest absolute Gasteiger partial charge is 0.211 e. The van der Waals surface area contributed by atoms with E-state index < -0.39 is 10.0 Å². The molecule has 0 radical (unpaired) electrons. The van der Waals surface area contributed by atoms with Crippen molar-refractivity contribution in [3.05, 3.63) is 0 Å². The van der Waals surface area contributed by atoms with Crippen LogP contribution in [0.1, 0.15) is 41.0 Å². The molecule has 0 aliphatic rings. The first-order chi connectivity index (χ1) is 7.19. The minimum atomic E-state index is -3.03. The van der Waals surface area contributed by atoms with E-state index >= 15 is 0 Å². The van der Waals surface area contributed by atoms with Crippen molar-refractivity contribution >= 4 is 10.0 Å². The number of hydrogen-bond donors (Lipinski definition) is 2. The fraction of sp³-hybridized carbons (Fsp3) is 1.00. The third kappa shape index (κ3) is 7.19. The lowest BCUT2D eigenvalue weighted by Gasteiger charge is -2.28. The maximum absolute atomic E-state index is 11.1. The van der Waals surface area contributed by atoms with Crippen LogP contribution < -0.4 is 10.0 Å². The molecule has 0 spiro atoms. The van der Waals surface area contributed by atoms with Crippen LogP contribution in [-0.4, -0.2) is 33.3 Å². The zero-order valence-electron chi connectivity index (χ0n) is 11.1. The minimum Gasteiger partial charge on any atom is -0.314 e. The van der Waals surface area contributed by atoms with Crippen molar-refractivity contribution in [1.29, 1.82) is 0 Å². The minimum absolute atomic E-state index is 0.152. The van der Waals surface area contributed by atoms with Crippen molar-refractivity contribution in [2.24, 2.45) is 5.41 Å². The predicted molar refractivity (Wildman–Crippen MR) is 69.0 cm³/mol. The fourth-order valence-corrected chi connectivity index (χ4v) is 1.70. The highest BCUT2D eigenvalue weighted by Gasteiger charge is 2.18. The van der Waals surface area contributed by atoms with Crippen LogP contribution in [-0.2, 0) is 10.0 Å². The van der Waals surface area contributed by atoms with E-state index in [1.54, 1.807) is 6.92 Å². The first kappa shape index (κ1) is 15.9. The summed E-state index contributed by atoms with van der Waals surface area (Å²) in [5.41, 5.74) is 0.239. The molecule has 4 nitrogen and oxygen atoms in total. The molecule has 0 aliphatic carbocycles. The molecule has 5 heteroatoms. The van der Waals surface area contributed by atoms with E-state index in [0.717, 1.165) is 13.0 Å². The molecular formula is C11H26N2O2S. The van der Waals surface area contributed by atoms with E-state index in [-0.39, 0.29) is 11.2 Å². The second kappa shape index (κ2) is 6.57. The number of hydrogen-bond acceptors (Lipinski definition) is 3. The number of rotatable bonds is 7. The van der Waals surface area contributed by atoms with Gasteiger partial charge in [0.05, 0.1) is 5.75 Å². The van der Waals surface area contributed by atoms with Gasteiger partial charge in [-0.1, -0.05) is 20.8 Å². The Morgan fingerprint density at radius 2 is 1.75 bits per heavy atom. The molecule has 16 heavy (non-hydrogen) atoms. The molecule has 1 atom stereocenters. The third-order valence-electron chi connectivity index (χ3n) is 2.81. The molecule has 0 rings (SSSR count). The highest BCUT2D eigenvalue weighted by molar-refractivity contribution is 7.89. The van der Waals surface area contributed by atoms with Crippen LogP contribution >= 0.6 is 0 Å². The zero-order valence-corrected chi connectivity index (χ0v) is 11.9. The van der Waals surface area contributed by atoms with Crippen LogP contribution in [0.25, 0.3) is 0 Å². The first-order valence-electron chi connectivity index (χ1n) is 5.90. The van der Waals surface area contributed by atoms with Crippen LogP contribution in [0.2, 0.25) is 0 Å². The Hall–Kier alpha value is -0.130. The van der Waals surface area contributed by atoms with E-state index in [0.29, 0.717) is 12.6 Å². The zero-order chi connectivity index (χ0) is 12.8. The van der Waals surface area contributed by atoms with Gasteiger partial charge in [0.15, 0.2) is 0 Å². The van der Waals surface area contributed by atoms with Gasteiger partial charge in [-0.3, -0.25) is 0 Å². The van der Waals surface area contributed by atoms with E-state index in [1.807, 2.05) is 0 Å². The van der Waals surface area contributed by atoms with E-state index in [2.05, 4.69) is 37.7 Å². The Balaban J connectivity index is 3.63. The van der Waals surface area contributed by atoms with E-state index in [9.17, 15) is 8.42 Å². The topological polar surface area (TPSA) is 58.2 Å². The van der Waals surface area contributed by atoms with Gasteiger partial charge in [0, 0.05) is 12.6 Å². The largest absolute Gasteiger partial charge is 0.314 e. The van der Waals surface area contributed by atoms with Gasteiger partial charge < -0.3 is 5.32 Å². The molecule has 0 bridgehead atoms. The van der Waals surface area contributed by atoms with Gasteiger partial charge in [-0.2, -0.15) is 0 Å². The summed E-state index contributed by atoms with van der Waals surface area (Å²) >= 11 is 0. The SMILES string of the molecule is CCS(=O)(=O)NCCCNC(C)C(C)(C)C. The molecule has 0 heterocycles. The highest BCUT2D eigenvalue weighted by Crippen LogP contribution is 2.18. The standard InChI is InChI=1S/C11H26N2O2S/c1-6-16(14,15)13-9-7-8-12-10(2)11(3,4)5/h10,12-13H,6-9H2,1-5H3. The van der Waals surface area contributed by atoms with Gasteiger partial charge in [0.25, 0.3) is 0 Å². The molecule has 0 aliphatic heterocycles. The third-order valence-corrected chi connectivity index (χ3v) is 4.21. The Morgan fingerprint density at radius 3 is 2.19 bits per heavy atom. The van der Waals surface area contributed by atoms with Crippen LogP contribution in [0.4, 0.5) is 0 Å². The van der Waals surface area contributed by atoms with Crippen molar-refractivity contribution in [2.75, 3.05) is 18.8 Å². The molecule has 0 saturated carbocycles. The van der Waals surface area contributed by atoms with Crippen molar-refractivity contribution in [3.63, 3.8) is 0 Å². The summed E-state index contributed by atoms with van der Waals surface area (Å²) in [4.78, 5) is 0. The Morgan fingerprint density at radius 1 is 1.19 bits per heavy atom. The summed E-state index contributed by atoms with van der Waals surface area (Å²) in [5, 5.41) is 3.39. The second-order valence-corrected chi connectivity index (χ2v) is 7.29. The lowest BCUT2D eigenvalue weighted by molar-refractivity contribution is 0.286. The number of nitrogens with one attached hydrogen (secondary N) is 2. The van der Waals surface area contributed by atoms with Gasteiger partial charge >= 0.3 is 0 Å². The molecule has 2 N–H and O–H groups in total. The quantitative estimate of drug-likeness (QED) is 0.670. The van der Waals surface area contributed by atoms with Gasteiger partial charge in [0.2, 0.25) is 10.0 Å². The van der Waals surface area contributed by atoms with Crippen molar-refractivity contribution < 1.29 is 8.42 Å². The molecular weight excluding hydrogens is 224 g/mol. The molecule has 0 aromatic heterocycles. The second-order valence-electron chi connectivity index (χ2n) is 5.19. The summed E-state index contributed by atoms with van der Waals surface area (Å²) in [6.07, 6.45) is 0.819. The fourth-order valence-electron chi connectivity index (χ4n) is 1.04. The normalized spacial score (nSPS) is 15.1. The monoisotopic (exact) mass is 250 g/mol. The Kier molecular flexibility index (Phi) is 6.51. The van der Waals surface area contributed by atoms with E-state index in [4.69, 9.17) is 0 Å². The Bertz CT molecular complexity index is 281. The summed E-state index contributed by atoms with van der Waals surface area (Å²) in [5.74, 6) is 0.152. The summed E-state index contributed by atoms with van der Waals surface area (Å²) in [6.45, 7) is 11.7. The summed E-state index contributed by atoms with van der Waals surface area (Å²) in [6, 6.07) is 0.426. The average Bonchev–Trinajstić information content (AvgIpc) is 2.15. The average molecular weight is 250 g/mol. The van der Waals surface area contributed by atoms with Gasteiger partial charge in [-0.15, -0.1) is 0 Å². The van der Waals surface area contributed by atoms with Crippen molar-refractivity contribution in [2.45, 2.75) is 47.1 Å². The molecule has 0 saturated heterocycles. The van der Waals surface area contributed by atoms with Crippen molar-refractivity contribution in [1.82, 2.24) is 10.0 Å².